The van der Waals surface area contributed by atoms with E-state index in [0.717, 1.165) is 29.5 Å². The number of alkyl halides is 3. The van der Waals surface area contributed by atoms with E-state index < -0.39 is 22.5 Å². The highest BCUT2D eigenvalue weighted by Crippen LogP contribution is 2.49. The van der Waals surface area contributed by atoms with Gasteiger partial charge in [0.2, 0.25) is 0 Å². The maximum atomic E-state index is 12.8. The minimum absolute atomic E-state index is 0.119. The summed E-state index contributed by atoms with van der Waals surface area (Å²) in [5.74, 6) is 0.717. The molecule has 1 unspecified atom stereocenters. The minimum Gasteiger partial charge on any atom is -0.321 e. The first-order chi connectivity index (χ1) is 13.1. The highest BCUT2D eigenvalue weighted by Gasteiger charge is 2.36. The molecule has 2 atom stereocenters. The topological polar surface area (TPSA) is 49.9 Å². The molecular weight excluding hydrogens is 391 g/mol. The van der Waals surface area contributed by atoms with E-state index in [9.17, 15) is 22.8 Å². The van der Waals surface area contributed by atoms with Gasteiger partial charge in [0.15, 0.2) is 0 Å². The number of benzene rings is 2. The van der Waals surface area contributed by atoms with Crippen molar-refractivity contribution in [3.63, 3.8) is 0 Å². The number of hydrogen-bond acceptors (Lipinski definition) is 2. The third-order valence-electron chi connectivity index (χ3n) is 5.26. The zero-order valence-electron chi connectivity index (χ0n) is 14.7. The van der Waals surface area contributed by atoms with Crippen LogP contribution in [-0.4, -0.2) is 10.2 Å². The van der Waals surface area contributed by atoms with Crippen molar-refractivity contribution >= 4 is 27.7 Å². The zero-order chi connectivity index (χ0) is 20.2. The Morgan fingerprint density at radius 2 is 1.75 bits per heavy atom. The molecule has 28 heavy (non-hydrogen) atoms. The Balaban J connectivity index is 1.90. The summed E-state index contributed by atoms with van der Waals surface area (Å²) in [4.78, 5) is 26.4. The summed E-state index contributed by atoms with van der Waals surface area (Å²) in [6.45, 7) is 2.10. The summed E-state index contributed by atoms with van der Waals surface area (Å²) >= 11 is 5.51. The molecule has 1 N–H and O–H groups in total. The summed E-state index contributed by atoms with van der Waals surface area (Å²) < 4.78 is 38.5. The Labute approximate surface area is 163 Å². The number of aromatic nitrogens is 1. The van der Waals surface area contributed by atoms with Crippen LogP contribution in [0.1, 0.15) is 40.7 Å². The summed E-state index contributed by atoms with van der Waals surface area (Å²) in [7, 11) is 0. The molecule has 0 saturated heterocycles. The molecule has 0 bridgehead atoms. The predicted molar refractivity (Wildman–Crippen MR) is 102 cm³/mol. The third-order valence-corrected chi connectivity index (χ3v) is 5.46. The van der Waals surface area contributed by atoms with E-state index in [0.29, 0.717) is 22.6 Å². The molecule has 3 nitrogen and oxygen atoms in total. The quantitative estimate of drug-likeness (QED) is 0.567. The maximum absolute atomic E-state index is 12.8. The van der Waals surface area contributed by atoms with Gasteiger partial charge in [-0.2, -0.15) is 13.2 Å². The average Bonchev–Trinajstić information content (AvgIpc) is 3.35. The first-order valence-corrected chi connectivity index (χ1v) is 9.11. The van der Waals surface area contributed by atoms with Gasteiger partial charge in [-0.15, -0.1) is 0 Å². The number of pyridine rings is 1. The number of nitrogens with one attached hydrogen (secondary N) is 1. The summed E-state index contributed by atoms with van der Waals surface area (Å²) in [6, 6.07) is 10.0. The SMILES string of the molecule is CC1C[C@@H]1c1cc(-c2ccc(C(F)(F)F)cc2)cc2[nH]c(=O)c(C(=O)Cl)cc12. The molecule has 2 aromatic carbocycles. The second kappa shape index (κ2) is 6.48. The van der Waals surface area contributed by atoms with Crippen LogP contribution < -0.4 is 5.56 Å². The van der Waals surface area contributed by atoms with Crippen molar-refractivity contribution < 1.29 is 18.0 Å². The summed E-state index contributed by atoms with van der Waals surface area (Å²) in [5.41, 5.74) is 1.37. The monoisotopic (exact) mass is 405 g/mol. The highest BCUT2D eigenvalue weighted by molar-refractivity contribution is 6.67. The lowest BCUT2D eigenvalue weighted by Crippen LogP contribution is -2.15. The molecule has 144 valence electrons. The third kappa shape index (κ3) is 3.33. The summed E-state index contributed by atoms with van der Waals surface area (Å²) in [6.07, 6.45) is -3.43. The lowest BCUT2D eigenvalue weighted by atomic mass is 9.95. The molecular formula is C21H15ClF3NO2. The van der Waals surface area contributed by atoms with Gasteiger partial charge in [0, 0.05) is 10.9 Å². The molecule has 1 aromatic heterocycles. The molecule has 0 amide bonds. The number of carbonyl (C=O) groups is 1. The van der Waals surface area contributed by atoms with Gasteiger partial charge in [-0.1, -0.05) is 25.1 Å². The number of aromatic amines is 1. The fraction of sp³-hybridized carbons (Fsp3) is 0.238. The fourth-order valence-corrected chi connectivity index (χ4v) is 3.71. The Hall–Kier alpha value is -2.60. The molecule has 1 heterocycles. The first-order valence-electron chi connectivity index (χ1n) is 8.73. The average molecular weight is 406 g/mol. The van der Waals surface area contributed by atoms with Gasteiger partial charge in [-0.05, 0) is 70.8 Å². The molecule has 0 aliphatic heterocycles. The Bertz CT molecular complexity index is 1150. The van der Waals surface area contributed by atoms with Crippen molar-refractivity contribution in [3.05, 3.63) is 69.5 Å². The molecule has 3 aromatic rings. The Morgan fingerprint density at radius 1 is 1.11 bits per heavy atom. The first kappa shape index (κ1) is 18.7. The largest absolute Gasteiger partial charge is 0.416 e. The second-order valence-corrected chi connectivity index (χ2v) is 7.55. The molecule has 4 rings (SSSR count). The number of rotatable bonds is 3. The van der Waals surface area contributed by atoms with Crippen molar-refractivity contribution in [2.75, 3.05) is 0 Å². The van der Waals surface area contributed by atoms with Gasteiger partial charge < -0.3 is 4.98 Å². The molecule has 1 aliphatic rings. The van der Waals surface area contributed by atoms with E-state index in [-0.39, 0.29) is 11.5 Å². The smallest absolute Gasteiger partial charge is 0.321 e. The minimum atomic E-state index is -4.40. The highest BCUT2D eigenvalue weighted by atomic mass is 35.5. The number of H-pyrrole nitrogens is 1. The van der Waals surface area contributed by atoms with Gasteiger partial charge in [0.25, 0.3) is 10.8 Å². The van der Waals surface area contributed by atoms with Crippen LogP contribution >= 0.6 is 11.6 Å². The van der Waals surface area contributed by atoms with E-state index in [4.69, 9.17) is 11.6 Å². The molecule has 0 spiro atoms. The van der Waals surface area contributed by atoms with Crippen LogP contribution in [0.25, 0.3) is 22.0 Å². The van der Waals surface area contributed by atoms with E-state index >= 15 is 0 Å². The van der Waals surface area contributed by atoms with Crippen molar-refractivity contribution in [2.45, 2.75) is 25.4 Å². The lowest BCUT2D eigenvalue weighted by molar-refractivity contribution is -0.137. The Morgan fingerprint density at radius 3 is 2.29 bits per heavy atom. The zero-order valence-corrected chi connectivity index (χ0v) is 15.5. The van der Waals surface area contributed by atoms with Crippen molar-refractivity contribution in [2.24, 2.45) is 5.92 Å². The molecule has 0 radical (unpaired) electrons. The van der Waals surface area contributed by atoms with Gasteiger partial charge in [0.1, 0.15) is 0 Å². The molecule has 1 saturated carbocycles. The van der Waals surface area contributed by atoms with Crippen molar-refractivity contribution in [1.29, 1.82) is 0 Å². The van der Waals surface area contributed by atoms with Gasteiger partial charge in [-0.25, -0.2) is 0 Å². The van der Waals surface area contributed by atoms with Crippen LogP contribution in [-0.2, 0) is 6.18 Å². The second-order valence-electron chi connectivity index (χ2n) is 7.21. The lowest BCUT2D eigenvalue weighted by Gasteiger charge is -2.12. The van der Waals surface area contributed by atoms with Crippen LogP contribution in [0.4, 0.5) is 13.2 Å². The molecule has 1 aliphatic carbocycles. The number of halogens is 4. The van der Waals surface area contributed by atoms with Gasteiger partial charge in [0.05, 0.1) is 11.1 Å². The van der Waals surface area contributed by atoms with E-state index in [1.165, 1.54) is 18.2 Å². The van der Waals surface area contributed by atoms with Crippen LogP contribution in [0.15, 0.2) is 47.3 Å². The normalized spacial score (nSPS) is 19.0. The van der Waals surface area contributed by atoms with E-state index in [2.05, 4.69) is 11.9 Å². The van der Waals surface area contributed by atoms with Crippen LogP contribution in [0.3, 0.4) is 0 Å². The van der Waals surface area contributed by atoms with Crippen LogP contribution in [0.5, 0.6) is 0 Å². The van der Waals surface area contributed by atoms with Gasteiger partial charge in [-0.3, -0.25) is 9.59 Å². The van der Waals surface area contributed by atoms with Gasteiger partial charge >= 0.3 is 6.18 Å². The van der Waals surface area contributed by atoms with Crippen LogP contribution in [0.2, 0.25) is 0 Å². The summed E-state index contributed by atoms with van der Waals surface area (Å²) in [5, 5.41) is -0.0987. The molecule has 1 fully saturated rings. The fourth-order valence-electron chi connectivity index (χ4n) is 3.57. The van der Waals surface area contributed by atoms with E-state index in [1.54, 1.807) is 6.07 Å². The van der Waals surface area contributed by atoms with Crippen LogP contribution in [0, 0.1) is 5.92 Å². The molecule has 7 heteroatoms. The predicted octanol–water partition coefficient (Wildman–Crippen LogP) is 5.72. The standard InChI is InChI=1S/C21H15ClF3NO2/c1-10-6-14(10)15-7-12(11-2-4-13(5-3-11)21(23,24)25)8-18-16(15)9-17(19(22)27)20(28)26-18/h2-5,7-10,14H,6H2,1H3,(H,26,28)/t10?,14-/m0/s1. The number of fused-ring (bicyclic) bond motifs is 1. The Kier molecular flexibility index (Phi) is 4.34. The maximum Gasteiger partial charge on any atom is 0.416 e. The van der Waals surface area contributed by atoms with Crippen molar-refractivity contribution in [3.8, 4) is 11.1 Å². The number of carbonyl (C=O) groups excluding carboxylic acids is 1. The van der Waals surface area contributed by atoms with E-state index in [1.807, 2.05) is 6.07 Å². The van der Waals surface area contributed by atoms with Crippen molar-refractivity contribution in [1.82, 2.24) is 4.98 Å². The number of hydrogen-bond donors (Lipinski definition) is 1.